The summed E-state index contributed by atoms with van der Waals surface area (Å²) in [6.45, 7) is 8.90. The molecule has 0 unspecified atom stereocenters. The Labute approximate surface area is 107 Å². The van der Waals surface area contributed by atoms with Crippen molar-refractivity contribution < 1.29 is 35.3 Å². The van der Waals surface area contributed by atoms with Crippen molar-refractivity contribution in [3.05, 3.63) is 0 Å². The third kappa shape index (κ3) is 9.72. The van der Waals surface area contributed by atoms with Crippen LogP contribution in [0.2, 0.25) is 0 Å². The fourth-order valence-electron chi connectivity index (χ4n) is 1.60. The van der Waals surface area contributed by atoms with E-state index in [4.69, 9.17) is 10.1 Å². The topological polar surface area (TPSA) is 75.6 Å². The highest BCUT2D eigenvalue weighted by atomic mass is 17.9. The van der Waals surface area contributed by atoms with Crippen LogP contribution in [0.15, 0.2) is 0 Å². The first-order valence-electron chi connectivity index (χ1n) is 6.15. The predicted molar refractivity (Wildman–Crippen MR) is 61.1 cm³/mol. The van der Waals surface area contributed by atoms with E-state index in [-0.39, 0.29) is 5.41 Å². The monoisotopic (exact) mass is 268 g/mol. The van der Waals surface area contributed by atoms with E-state index >= 15 is 0 Å². The molecule has 0 atom stereocenters. The average Bonchev–Trinajstić information content (AvgIpc) is 2.35. The summed E-state index contributed by atoms with van der Waals surface area (Å²) in [6.07, 6.45) is 4.57. The molecule has 0 bridgehead atoms. The molecule has 7 nitrogen and oxygen atoms in total. The van der Waals surface area contributed by atoms with Crippen LogP contribution in [0.25, 0.3) is 0 Å². The van der Waals surface area contributed by atoms with Crippen LogP contribution in [0, 0.1) is 11.3 Å². The van der Waals surface area contributed by atoms with Crippen molar-refractivity contribution in [3.8, 4) is 0 Å². The molecule has 0 fully saturated rings. The van der Waals surface area contributed by atoms with E-state index in [1.165, 1.54) is 12.8 Å². The van der Waals surface area contributed by atoms with Crippen LogP contribution in [-0.2, 0) is 30.1 Å². The van der Waals surface area contributed by atoms with Crippen molar-refractivity contribution in [1.82, 2.24) is 0 Å². The lowest BCUT2D eigenvalue weighted by atomic mass is 9.84. The van der Waals surface area contributed by atoms with E-state index < -0.39 is 0 Å². The van der Waals surface area contributed by atoms with Gasteiger partial charge in [0, 0.05) is 0 Å². The van der Waals surface area contributed by atoms with E-state index in [1.807, 2.05) is 0 Å². The van der Waals surface area contributed by atoms with Crippen molar-refractivity contribution in [2.24, 2.45) is 11.3 Å². The maximum Gasteiger partial charge on any atom is 0.0905 e. The van der Waals surface area contributed by atoms with Crippen molar-refractivity contribution >= 4 is 0 Å². The zero-order valence-electron chi connectivity index (χ0n) is 11.5. The molecule has 0 aliphatic heterocycles. The number of rotatable bonds is 12. The largest absolute Gasteiger partial charge is 0.219 e. The smallest absolute Gasteiger partial charge is 0.0905 e. The molecule has 0 radical (unpaired) electrons. The van der Waals surface area contributed by atoms with Gasteiger partial charge in [-0.25, -0.2) is 10.1 Å². The highest BCUT2D eigenvalue weighted by molar-refractivity contribution is 4.69. The lowest BCUT2D eigenvalue weighted by Gasteiger charge is -2.25. The highest BCUT2D eigenvalue weighted by Crippen LogP contribution is 2.27. The molecular formula is C11H24O7. The van der Waals surface area contributed by atoms with Gasteiger partial charge in [-0.1, -0.05) is 40.5 Å². The second-order valence-electron chi connectivity index (χ2n) is 4.99. The van der Waals surface area contributed by atoms with Gasteiger partial charge >= 0.3 is 0 Å². The van der Waals surface area contributed by atoms with Crippen LogP contribution in [0.5, 0.6) is 0 Å². The van der Waals surface area contributed by atoms with E-state index in [9.17, 15) is 0 Å². The quantitative estimate of drug-likeness (QED) is 0.330. The Balaban J connectivity index is 3.60. The molecule has 0 heterocycles. The van der Waals surface area contributed by atoms with Gasteiger partial charge in [0.05, 0.1) is 6.61 Å². The fraction of sp³-hybridized carbons (Fsp3) is 1.00. The standard InChI is InChI=1S/C11H24O7/c1-5-10(6-2)7-8-11(3,4)9-13-15-17-18-16-14-12/h10,12H,5-9H2,1-4H3. The number of hydrogen-bond donors (Lipinski definition) is 1. The van der Waals surface area contributed by atoms with Gasteiger partial charge in [0.25, 0.3) is 0 Å². The maximum absolute atomic E-state index is 7.70. The SMILES string of the molecule is CCC(CC)CCC(C)(C)COOOOOOO. The van der Waals surface area contributed by atoms with Gasteiger partial charge in [-0.05, 0) is 49.4 Å². The number of hydrogen-bond acceptors (Lipinski definition) is 7. The van der Waals surface area contributed by atoms with Gasteiger partial charge in [-0.2, -0.15) is 0 Å². The Bertz CT molecular complexity index is 182. The first-order valence-corrected chi connectivity index (χ1v) is 6.15. The summed E-state index contributed by atoms with van der Waals surface area (Å²) in [6, 6.07) is 0. The first kappa shape index (κ1) is 17.7. The molecule has 1 N–H and O–H groups in total. The van der Waals surface area contributed by atoms with Gasteiger partial charge in [0.15, 0.2) is 0 Å². The van der Waals surface area contributed by atoms with Crippen molar-refractivity contribution in [1.29, 1.82) is 0 Å². The lowest BCUT2D eigenvalue weighted by molar-refractivity contribution is -0.788. The molecule has 0 rings (SSSR count). The molecular weight excluding hydrogens is 244 g/mol. The molecule has 0 aromatic carbocycles. The summed E-state index contributed by atoms with van der Waals surface area (Å²) in [5.74, 6) is 0.750. The Morgan fingerprint density at radius 3 is 2.17 bits per heavy atom. The van der Waals surface area contributed by atoms with E-state index in [1.54, 1.807) is 0 Å². The molecule has 0 aliphatic rings. The maximum atomic E-state index is 7.70. The minimum Gasteiger partial charge on any atom is -0.219 e. The van der Waals surface area contributed by atoms with E-state index in [2.05, 4.69) is 52.9 Å². The van der Waals surface area contributed by atoms with Crippen LogP contribution in [-0.4, -0.2) is 11.9 Å². The molecule has 0 aliphatic carbocycles. The summed E-state index contributed by atoms with van der Waals surface area (Å²) >= 11 is 0. The van der Waals surface area contributed by atoms with Crippen molar-refractivity contribution in [2.45, 2.75) is 53.4 Å². The van der Waals surface area contributed by atoms with Crippen molar-refractivity contribution in [2.75, 3.05) is 6.61 Å². The normalized spacial score (nSPS) is 12.3. The summed E-state index contributed by atoms with van der Waals surface area (Å²) in [4.78, 5) is 4.78. The summed E-state index contributed by atoms with van der Waals surface area (Å²) in [5.41, 5.74) is -0.0275. The van der Waals surface area contributed by atoms with E-state index in [0.29, 0.717) is 6.61 Å². The van der Waals surface area contributed by atoms with Crippen LogP contribution < -0.4 is 0 Å². The molecule has 0 aromatic rings. The molecule has 0 saturated carbocycles. The van der Waals surface area contributed by atoms with Crippen LogP contribution >= 0.6 is 0 Å². The van der Waals surface area contributed by atoms with Gasteiger partial charge < -0.3 is 0 Å². The molecule has 0 amide bonds. The fourth-order valence-corrected chi connectivity index (χ4v) is 1.60. The summed E-state index contributed by atoms with van der Waals surface area (Å²) < 4.78 is 0. The van der Waals surface area contributed by atoms with Crippen LogP contribution in [0.3, 0.4) is 0 Å². The molecule has 110 valence electrons. The van der Waals surface area contributed by atoms with Crippen molar-refractivity contribution in [3.63, 3.8) is 0 Å². The Morgan fingerprint density at radius 2 is 1.61 bits per heavy atom. The van der Waals surface area contributed by atoms with Gasteiger partial charge in [0.1, 0.15) is 0 Å². The molecule has 7 heteroatoms. The second kappa shape index (κ2) is 10.6. The zero-order valence-corrected chi connectivity index (χ0v) is 11.5. The Kier molecular flexibility index (Phi) is 10.5. The first-order chi connectivity index (χ1) is 8.55. The highest BCUT2D eigenvalue weighted by Gasteiger charge is 2.20. The van der Waals surface area contributed by atoms with E-state index in [0.717, 1.165) is 18.8 Å². The minimum atomic E-state index is -0.0275. The average molecular weight is 268 g/mol. The predicted octanol–water partition coefficient (Wildman–Crippen LogP) is 3.38. The Morgan fingerprint density at radius 1 is 1.00 bits per heavy atom. The molecule has 0 spiro atoms. The lowest BCUT2D eigenvalue weighted by Crippen LogP contribution is -2.21. The Hall–Kier alpha value is -0.280. The van der Waals surface area contributed by atoms with Gasteiger partial charge in [-0.3, -0.25) is 0 Å². The molecule has 0 saturated heterocycles. The molecule has 18 heavy (non-hydrogen) atoms. The minimum absolute atomic E-state index is 0.0275. The molecule has 0 aromatic heterocycles. The zero-order chi connectivity index (χ0) is 13.9. The van der Waals surface area contributed by atoms with Gasteiger partial charge in [-0.15, -0.1) is 0 Å². The third-order valence-electron chi connectivity index (χ3n) is 3.00. The second-order valence-corrected chi connectivity index (χ2v) is 4.99. The third-order valence-corrected chi connectivity index (χ3v) is 3.00. The summed E-state index contributed by atoms with van der Waals surface area (Å²) in [7, 11) is 0. The van der Waals surface area contributed by atoms with Gasteiger partial charge in [0.2, 0.25) is 0 Å². The summed E-state index contributed by atoms with van der Waals surface area (Å²) in [5, 5.41) is 26.1. The van der Waals surface area contributed by atoms with Crippen LogP contribution in [0.1, 0.15) is 53.4 Å². The van der Waals surface area contributed by atoms with Crippen LogP contribution in [0.4, 0.5) is 0 Å².